The van der Waals surface area contributed by atoms with Gasteiger partial charge in [0.25, 0.3) is 0 Å². The normalized spacial score (nSPS) is 9.23. The van der Waals surface area contributed by atoms with Crippen LogP contribution in [0.1, 0.15) is 25.7 Å². The molecule has 0 heterocycles. The third-order valence-corrected chi connectivity index (χ3v) is 1.52. The second kappa shape index (κ2) is 8.90. The first-order valence-corrected chi connectivity index (χ1v) is 4.38. The van der Waals surface area contributed by atoms with E-state index in [1.807, 2.05) is 0 Å². The van der Waals surface area contributed by atoms with Crippen molar-refractivity contribution in [3.63, 3.8) is 0 Å². The molecule has 0 atom stereocenters. The molecule has 0 aliphatic rings. The maximum absolute atomic E-state index is 10.9. The highest BCUT2D eigenvalue weighted by atomic mass is 16.5. The Morgan fingerprint density at radius 1 is 1.46 bits per heavy atom. The van der Waals surface area contributed by atoms with Crippen LogP contribution in [0.5, 0.6) is 0 Å². The van der Waals surface area contributed by atoms with E-state index in [1.165, 1.54) is 0 Å². The third kappa shape index (κ3) is 8.72. The van der Waals surface area contributed by atoms with E-state index in [0.717, 1.165) is 32.0 Å². The number of hydrogen-bond acceptors (Lipinski definition) is 4. The molecule has 1 N–H and O–H groups in total. The number of esters is 1. The van der Waals surface area contributed by atoms with Crippen LogP contribution in [-0.4, -0.2) is 32.1 Å². The number of nitrogens with zero attached hydrogens (tertiary/aromatic N) is 1. The minimum absolute atomic E-state index is 0.0903. The van der Waals surface area contributed by atoms with Crippen LogP contribution in [0.4, 0.5) is 0 Å². The smallest absolute Gasteiger partial charge is 0.306 e. The first kappa shape index (κ1) is 11.8. The molecule has 0 fully saturated rings. The maximum atomic E-state index is 10.9. The van der Waals surface area contributed by atoms with Gasteiger partial charge in [-0.1, -0.05) is 6.42 Å². The summed E-state index contributed by atoms with van der Waals surface area (Å²) in [6, 6.07) is 0. The molecular weight excluding hydrogens is 168 g/mol. The zero-order valence-corrected chi connectivity index (χ0v) is 7.79. The Bertz CT molecular complexity index is 169. The molecule has 0 aromatic heterocycles. The predicted octanol–water partition coefficient (Wildman–Crippen LogP) is 1.44. The number of aliphatic imine (C=N–C) groups is 1. The van der Waals surface area contributed by atoms with Crippen molar-refractivity contribution in [2.45, 2.75) is 25.7 Å². The highest BCUT2D eigenvalue weighted by Gasteiger charge is 2.00. The molecule has 0 aliphatic carbocycles. The zero-order valence-electron chi connectivity index (χ0n) is 7.79. The van der Waals surface area contributed by atoms with E-state index in [4.69, 9.17) is 5.41 Å². The molecule has 0 saturated heterocycles. The summed E-state index contributed by atoms with van der Waals surface area (Å²) < 4.78 is 4.68. The number of carbonyl (C=O) groups excluding carboxylic acids is 1. The van der Waals surface area contributed by atoms with Crippen molar-refractivity contribution in [2.24, 2.45) is 4.99 Å². The Labute approximate surface area is 78.5 Å². The van der Waals surface area contributed by atoms with Crippen LogP contribution in [0, 0.1) is 5.41 Å². The van der Waals surface area contributed by atoms with Gasteiger partial charge >= 0.3 is 5.97 Å². The lowest BCUT2D eigenvalue weighted by Crippen LogP contribution is -2.05. The Morgan fingerprint density at radius 2 is 2.23 bits per heavy atom. The van der Waals surface area contributed by atoms with Crippen molar-refractivity contribution in [1.82, 2.24) is 0 Å². The van der Waals surface area contributed by atoms with Crippen molar-refractivity contribution >= 4 is 18.9 Å². The molecule has 0 aromatic carbocycles. The lowest BCUT2D eigenvalue weighted by Gasteiger charge is -2.00. The number of ether oxygens (including phenoxy) is 1. The Hall–Kier alpha value is -1.19. The van der Waals surface area contributed by atoms with Gasteiger partial charge < -0.3 is 15.1 Å². The molecule has 4 heteroatoms. The van der Waals surface area contributed by atoms with Gasteiger partial charge in [0.15, 0.2) is 0 Å². The molecule has 0 amide bonds. The van der Waals surface area contributed by atoms with Crippen molar-refractivity contribution in [3.05, 3.63) is 0 Å². The molecule has 0 unspecified atom stereocenters. The van der Waals surface area contributed by atoms with Gasteiger partial charge in [-0.2, -0.15) is 0 Å². The van der Waals surface area contributed by atoms with Gasteiger partial charge in [0, 0.05) is 19.2 Å². The van der Waals surface area contributed by atoms with Crippen LogP contribution in [0.15, 0.2) is 4.99 Å². The predicted molar refractivity (Wildman–Crippen MR) is 52.6 cm³/mol. The van der Waals surface area contributed by atoms with Crippen LogP contribution in [0.3, 0.4) is 0 Å². The van der Waals surface area contributed by atoms with E-state index in [0.29, 0.717) is 6.42 Å². The van der Waals surface area contributed by atoms with Crippen LogP contribution in [0.25, 0.3) is 0 Å². The average molecular weight is 184 g/mol. The highest BCUT2D eigenvalue weighted by Crippen LogP contribution is 2.00. The SMILES string of the molecule is C=NCCCCCC(=O)OCC=N. The van der Waals surface area contributed by atoms with Gasteiger partial charge in [0.05, 0.1) is 0 Å². The number of nitrogens with one attached hydrogen (secondary N) is 1. The highest BCUT2D eigenvalue weighted by molar-refractivity contribution is 5.71. The standard InChI is InChI=1S/C9H16N2O2/c1-11-7-4-2-3-5-9(12)13-8-6-10/h6,10H,1-5,7-8H2. The number of hydrogen-bond donors (Lipinski definition) is 1. The first-order valence-electron chi connectivity index (χ1n) is 4.38. The van der Waals surface area contributed by atoms with Gasteiger partial charge in [-0.25, -0.2) is 0 Å². The second-order valence-corrected chi connectivity index (χ2v) is 2.65. The summed E-state index contributed by atoms with van der Waals surface area (Å²) in [7, 11) is 0. The molecule has 0 rings (SSSR count). The lowest BCUT2D eigenvalue weighted by molar-refractivity contribution is -0.141. The van der Waals surface area contributed by atoms with E-state index in [1.54, 1.807) is 0 Å². The molecule has 4 nitrogen and oxygen atoms in total. The van der Waals surface area contributed by atoms with E-state index < -0.39 is 0 Å². The van der Waals surface area contributed by atoms with Crippen LogP contribution < -0.4 is 0 Å². The third-order valence-electron chi connectivity index (χ3n) is 1.52. The van der Waals surface area contributed by atoms with Crippen LogP contribution in [0.2, 0.25) is 0 Å². The molecule has 74 valence electrons. The minimum Gasteiger partial charge on any atom is -0.460 e. The summed E-state index contributed by atoms with van der Waals surface area (Å²) in [5.41, 5.74) is 0. The molecular formula is C9H16N2O2. The fourth-order valence-corrected chi connectivity index (χ4v) is 0.877. The zero-order chi connectivity index (χ0) is 9.94. The van der Waals surface area contributed by atoms with Crippen molar-refractivity contribution in [2.75, 3.05) is 13.2 Å². The summed E-state index contributed by atoms with van der Waals surface area (Å²) in [6.45, 7) is 4.22. The topological polar surface area (TPSA) is 62.5 Å². The Morgan fingerprint density at radius 3 is 2.85 bits per heavy atom. The summed E-state index contributed by atoms with van der Waals surface area (Å²) in [5, 5.41) is 6.64. The molecule has 13 heavy (non-hydrogen) atoms. The summed E-state index contributed by atoms with van der Waals surface area (Å²) in [6.07, 6.45) is 4.27. The maximum Gasteiger partial charge on any atom is 0.306 e. The fraction of sp³-hybridized carbons (Fsp3) is 0.667. The quantitative estimate of drug-likeness (QED) is 0.352. The van der Waals surface area contributed by atoms with Gasteiger partial charge in [0.1, 0.15) is 6.61 Å². The van der Waals surface area contributed by atoms with Gasteiger partial charge in [-0.15, -0.1) is 0 Å². The molecule has 0 aliphatic heterocycles. The molecule has 0 saturated carbocycles. The van der Waals surface area contributed by atoms with Crippen LogP contribution in [-0.2, 0) is 9.53 Å². The molecule has 0 aromatic rings. The fourth-order valence-electron chi connectivity index (χ4n) is 0.877. The van der Waals surface area contributed by atoms with Crippen LogP contribution >= 0.6 is 0 Å². The van der Waals surface area contributed by atoms with Crippen molar-refractivity contribution in [3.8, 4) is 0 Å². The van der Waals surface area contributed by atoms with Gasteiger partial charge in [-0.3, -0.25) is 4.79 Å². The second-order valence-electron chi connectivity index (χ2n) is 2.65. The number of rotatable bonds is 8. The van der Waals surface area contributed by atoms with Crippen molar-refractivity contribution in [1.29, 1.82) is 5.41 Å². The number of unbranched alkanes of at least 4 members (excludes halogenated alkanes) is 2. The average Bonchev–Trinajstić information content (AvgIpc) is 2.14. The van der Waals surface area contributed by atoms with E-state index in [2.05, 4.69) is 16.4 Å². The summed E-state index contributed by atoms with van der Waals surface area (Å²) in [5.74, 6) is -0.227. The van der Waals surface area contributed by atoms with Gasteiger partial charge in [-0.05, 0) is 19.6 Å². The van der Waals surface area contributed by atoms with E-state index >= 15 is 0 Å². The lowest BCUT2D eigenvalue weighted by atomic mass is 10.2. The molecule has 0 spiro atoms. The van der Waals surface area contributed by atoms with E-state index in [9.17, 15) is 4.79 Å². The first-order chi connectivity index (χ1) is 6.31. The largest absolute Gasteiger partial charge is 0.460 e. The van der Waals surface area contributed by atoms with E-state index in [-0.39, 0.29) is 12.6 Å². The van der Waals surface area contributed by atoms with Crippen molar-refractivity contribution < 1.29 is 9.53 Å². The monoisotopic (exact) mass is 184 g/mol. The minimum atomic E-state index is -0.227. The Kier molecular flexibility index (Phi) is 8.09. The number of carbonyl (C=O) groups is 1. The molecule has 0 radical (unpaired) electrons. The summed E-state index contributed by atoms with van der Waals surface area (Å²) >= 11 is 0. The molecule has 0 bridgehead atoms. The Balaban J connectivity index is 3.16. The van der Waals surface area contributed by atoms with Gasteiger partial charge in [0.2, 0.25) is 0 Å². The summed E-state index contributed by atoms with van der Waals surface area (Å²) in [4.78, 5) is 14.6.